The molecular formula is C21H16N2O2. The molecule has 4 rings (SSSR count). The van der Waals surface area contributed by atoms with E-state index in [2.05, 4.69) is 16.0 Å². The van der Waals surface area contributed by atoms with Crippen LogP contribution in [0.4, 0.5) is 0 Å². The molecule has 0 atom stereocenters. The van der Waals surface area contributed by atoms with Crippen LogP contribution in [0.2, 0.25) is 0 Å². The van der Waals surface area contributed by atoms with E-state index < -0.39 is 0 Å². The number of hydrogen-bond donors (Lipinski definition) is 0. The van der Waals surface area contributed by atoms with Crippen LogP contribution in [-0.2, 0) is 4.74 Å². The maximum atomic E-state index is 12.5. The van der Waals surface area contributed by atoms with Crippen LogP contribution in [-0.4, -0.2) is 22.5 Å². The topological polar surface area (TPSA) is 52.1 Å². The maximum Gasteiger partial charge on any atom is 0.340 e. The van der Waals surface area contributed by atoms with Crippen molar-refractivity contribution in [3.63, 3.8) is 0 Å². The zero-order chi connectivity index (χ0) is 17.2. The smallest absolute Gasteiger partial charge is 0.340 e. The summed E-state index contributed by atoms with van der Waals surface area (Å²) in [5.41, 5.74) is 3.14. The third kappa shape index (κ3) is 2.72. The highest BCUT2D eigenvalue weighted by Gasteiger charge is 2.18. The third-order valence-electron chi connectivity index (χ3n) is 4.20. The van der Waals surface area contributed by atoms with Crippen molar-refractivity contribution in [2.45, 2.75) is 6.92 Å². The first-order chi connectivity index (χ1) is 12.3. The Kier molecular flexibility index (Phi) is 3.86. The summed E-state index contributed by atoms with van der Waals surface area (Å²) in [6, 6.07) is 15.9. The number of carbonyl (C=O) groups excluding carboxylic acids is 1. The van der Waals surface area contributed by atoms with Gasteiger partial charge in [0.1, 0.15) is 0 Å². The number of benzene rings is 2. The van der Waals surface area contributed by atoms with Crippen LogP contribution in [0.3, 0.4) is 0 Å². The van der Waals surface area contributed by atoms with Crippen molar-refractivity contribution in [1.82, 2.24) is 9.97 Å². The number of rotatable bonds is 3. The van der Waals surface area contributed by atoms with Crippen LogP contribution in [0.25, 0.3) is 32.8 Å². The lowest BCUT2D eigenvalue weighted by Crippen LogP contribution is -2.07. The van der Waals surface area contributed by atoms with Crippen molar-refractivity contribution in [3.8, 4) is 11.1 Å². The molecule has 122 valence electrons. The number of nitrogens with zero attached hydrogens (tertiary/aromatic N) is 2. The van der Waals surface area contributed by atoms with Gasteiger partial charge in [-0.2, -0.15) is 0 Å². The van der Waals surface area contributed by atoms with Gasteiger partial charge < -0.3 is 4.74 Å². The Hall–Kier alpha value is -3.27. The minimum absolute atomic E-state index is 0.328. The second-order valence-corrected chi connectivity index (χ2v) is 5.72. The highest BCUT2D eigenvalue weighted by Crippen LogP contribution is 2.33. The molecule has 0 amide bonds. The van der Waals surface area contributed by atoms with E-state index in [4.69, 9.17) is 4.74 Å². The summed E-state index contributed by atoms with van der Waals surface area (Å²) in [6.07, 6.45) is 5.20. The van der Waals surface area contributed by atoms with E-state index in [9.17, 15) is 4.79 Å². The summed E-state index contributed by atoms with van der Waals surface area (Å²) in [6.45, 7) is 2.13. The molecule has 0 spiro atoms. The molecule has 0 aliphatic rings. The van der Waals surface area contributed by atoms with E-state index >= 15 is 0 Å². The second-order valence-electron chi connectivity index (χ2n) is 5.72. The van der Waals surface area contributed by atoms with Crippen molar-refractivity contribution in [2.24, 2.45) is 0 Å². The average Bonchev–Trinajstić information content (AvgIpc) is 2.67. The molecule has 0 saturated heterocycles. The average molecular weight is 328 g/mol. The summed E-state index contributed by atoms with van der Waals surface area (Å²) >= 11 is 0. The Morgan fingerprint density at radius 1 is 1.04 bits per heavy atom. The molecule has 25 heavy (non-hydrogen) atoms. The fraction of sp³-hybridized carbons (Fsp3) is 0.0952. The van der Waals surface area contributed by atoms with E-state index in [0.29, 0.717) is 12.2 Å². The Morgan fingerprint density at radius 3 is 2.80 bits per heavy atom. The van der Waals surface area contributed by atoms with Gasteiger partial charge in [-0.25, -0.2) is 4.79 Å². The second kappa shape index (κ2) is 6.32. The quantitative estimate of drug-likeness (QED) is 0.515. The molecule has 4 heteroatoms. The zero-order valence-electron chi connectivity index (χ0n) is 13.8. The number of carbonyl (C=O) groups is 1. The van der Waals surface area contributed by atoms with Gasteiger partial charge in [-0.3, -0.25) is 9.97 Å². The molecule has 0 radical (unpaired) electrons. The predicted molar refractivity (Wildman–Crippen MR) is 98.4 cm³/mol. The minimum atomic E-state index is -0.356. The van der Waals surface area contributed by atoms with Crippen LogP contribution < -0.4 is 0 Å². The van der Waals surface area contributed by atoms with Crippen LogP contribution in [0, 0.1) is 0 Å². The van der Waals surface area contributed by atoms with E-state index in [1.165, 1.54) is 0 Å². The van der Waals surface area contributed by atoms with Crippen molar-refractivity contribution >= 4 is 27.6 Å². The van der Waals surface area contributed by atoms with Crippen molar-refractivity contribution in [1.29, 1.82) is 0 Å². The Morgan fingerprint density at radius 2 is 1.92 bits per heavy atom. The van der Waals surface area contributed by atoms with E-state index in [-0.39, 0.29) is 5.97 Å². The number of ether oxygens (including phenoxy) is 1. The summed E-state index contributed by atoms with van der Waals surface area (Å²) in [5, 5.41) is 3.06. The van der Waals surface area contributed by atoms with Crippen LogP contribution in [0.1, 0.15) is 17.3 Å². The molecule has 0 fully saturated rings. The van der Waals surface area contributed by atoms with E-state index in [1.54, 1.807) is 19.3 Å². The first-order valence-corrected chi connectivity index (χ1v) is 8.17. The number of aromatic nitrogens is 2. The molecule has 4 aromatic rings. The van der Waals surface area contributed by atoms with Crippen LogP contribution in [0.15, 0.2) is 67.1 Å². The molecule has 0 saturated carbocycles. The van der Waals surface area contributed by atoms with Crippen LogP contribution >= 0.6 is 0 Å². The molecule has 0 N–H and O–H groups in total. The number of hydrogen-bond acceptors (Lipinski definition) is 4. The monoisotopic (exact) mass is 328 g/mol. The first kappa shape index (κ1) is 15.3. The molecule has 2 heterocycles. The predicted octanol–water partition coefficient (Wildman–Crippen LogP) is 4.63. The molecule has 0 unspecified atom stereocenters. The van der Waals surface area contributed by atoms with E-state index in [1.807, 2.05) is 48.7 Å². The molecule has 2 aromatic heterocycles. The fourth-order valence-electron chi connectivity index (χ4n) is 3.05. The number of esters is 1. The minimum Gasteiger partial charge on any atom is -0.462 e. The molecule has 2 aromatic carbocycles. The van der Waals surface area contributed by atoms with Crippen molar-refractivity contribution in [2.75, 3.05) is 6.61 Å². The van der Waals surface area contributed by atoms with Gasteiger partial charge in [-0.05, 0) is 36.1 Å². The first-order valence-electron chi connectivity index (χ1n) is 8.17. The Balaban J connectivity index is 2.02. The van der Waals surface area contributed by atoms with Gasteiger partial charge >= 0.3 is 5.97 Å². The SMILES string of the molecule is CCOC(=O)c1cnc2ccccc2c1-c1ccc2cnccc2c1. The van der Waals surface area contributed by atoms with Gasteiger partial charge in [0.2, 0.25) is 0 Å². The summed E-state index contributed by atoms with van der Waals surface area (Å²) < 4.78 is 5.24. The third-order valence-corrected chi connectivity index (χ3v) is 4.20. The summed E-state index contributed by atoms with van der Waals surface area (Å²) in [5.74, 6) is -0.356. The fourth-order valence-corrected chi connectivity index (χ4v) is 3.05. The maximum absolute atomic E-state index is 12.5. The molecular weight excluding hydrogens is 312 g/mol. The van der Waals surface area contributed by atoms with Gasteiger partial charge in [-0.1, -0.05) is 30.3 Å². The van der Waals surface area contributed by atoms with E-state index in [0.717, 1.165) is 32.8 Å². The number of para-hydroxylation sites is 1. The normalized spacial score (nSPS) is 10.9. The van der Waals surface area contributed by atoms with Crippen molar-refractivity contribution in [3.05, 3.63) is 72.7 Å². The standard InChI is InChI=1S/C21H16N2O2/c1-2-25-21(24)18-13-23-19-6-4-3-5-17(19)20(18)15-7-8-16-12-22-10-9-14(16)11-15/h3-13H,2H2,1H3. The number of pyridine rings is 2. The van der Waals surface area contributed by atoms with Gasteiger partial charge in [0.25, 0.3) is 0 Å². The lowest BCUT2D eigenvalue weighted by molar-refractivity contribution is 0.0527. The lowest BCUT2D eigenvalue weighted by Gasteiger charge is -2.13. The lowest BCUT2D eigenvalue weighted by atomic mass is 9.95. The van der Waals surface area contributed by atoms with Gasteiger partial charge in [0.15, 0.2) is 0 Å². The molecule has 0 bridgehead atoms. The zero-order valence-corrected chi connectivity index (χ0v) is 13.8. The Bertz CT molecular complexity index is 1090. The van der Waals surface area contributed by atoms with Gasteiger partial charge in [0, 0.05) is 34.9 Å². The molecule has 4 nitrogen and oxygen atoms in total. The highest BCUT2D eigenvalue weighted by atomic mass is 16.5. The number of fused-ring (bicyclic) bond motifs is 2. The molecule has 0 aliphatic carbocycles. The van der Waals surface area contributed by atoms with Crippen LogP contribution in [0.5, 0.6) is 0 Å². The Labute approximate surface area is 145 Å². The summed E-state index contributed by atoms with van der Waals surface area (Å²) in [4.78, 5) is 21.0. The highest BCUT2D eigenvalue weighted by molar-refractivity contribution is 6.07. The molecule has 0 aliphatic heterocycles. The summed E-state index contributed by atoms with van der Waals surface area (Å²) in [7, 11) is 0. The van der Waals surface area contributed by atoms with Crippen molar-refractivity contribution < 1.29 is 9.53 Å². The van der Waals surface area contributed by atoms with Gasteiger partial charge in [-0.15, -0.1) is 0 Å². The van der Waals surface area contributed by atoms with Gasteiger partial charge in [0.05, 0.1) is 17.7 Å². The largest absolute Gasteiger partial charge is 0.462 e.